The molecule has 5 heteroatoms. The monoisotopic (exact) mass is 269 g/mol. The fourth-order valence-corrected chi connectivity index (χ4v) is 2.72. The van der Waals surface area contributed by atoms with Gasteiger partial charge >= 0.3 is 0 Å². The van der Waals surface area contributed by atoms with Crippen molar-refractivity contribution in [2.45, 2.75) is 33.6 Å². The molecule has 1 saturated heterocycles. The molecule has 0 radical (unpaired) electrons. The quantitative estimate of drug-likeness (QED) is 0.742. The van der Waals surface area contributed by atoms with Gasteiger partial charge in [-0.2, -0.15) is 0 Å². The van der Waals surface area contributed by atoms with E-state index >= 15 is 0 Å². The first-order valence-corrected chi connectivity index (χ1v) is 7.18. The van der Waals surface area contributed by atoms with Crippen LogP contribution < -0.4 is 10.6 Å². The lowest BCUT2D eigenvalue weighted by Crippen LogP contribution is -2.51. The van der Waals surface area contributed by atoms with E-state index in [2.05, 4.69) is 24.5 Å². The molecule has 1 rings (SSSR count). The molecule has 1 fully saturated rings. The zero-order valence-corrected chi connectivity index (χ0v) is 12.6. The molecule has 0 aromatic heterocycles. The van der Waals surface area contributed by atoms with Crippen molar-refractivity contribution in [1.29, 1.82) is 0 Å². The SMILES string of the molecule is CCCN(CC(=O)NC)C(=O)C1(C(C)C)CCNC1. The van der Waals surface area contributed by atoms with Gasteiger partial charge in [-0.3, -0.25) is 9.59 Å². The van der Waals surface area contributed by atoms with E-state index < -0.39 is 0 Å². The number of nitrogens with one attached hydrogen (secondary N) is 2. The molecule has 1 aliphatic heterocycles. The van der Waals surface area contributed by atoms with E-state index in [0.717, 1.165) is 25.9 Å². The van der Waals surface area contributed by atoms with Gasteiger partial charge in [0.15, 0.2) is 0 Å². The van der Waals surface area contributed by atoms with E-state index in [1.165, 1.54) is 0 Å². The maximum Gasteiger partial charge on any atom is 0.239 e. The van der Waals surface area contributed by atoms with Crippen LogP contribution in [0.15, 0.2) is 0 Å². The van der Waals surface area contributed by atoms with Gasteiger partial charge in [0, 0.05) is 20.1 Å². The van der Waals surface area contributed by atoms with Gasteiger partial charge < -0.3 is 15.5 Å². The van der Waals surface area contributed by atoms with E-state index in [9.17, 15) is 9.59 Å². The minimum absolute atomic E-state index is 0.105. The summed E-state index contributed by atoms with van der Waals surface area (Å²) in [5.41, 5.74) is -0.344. The van der Waals surface area contributed by atoms with Crippen LogP contribution >= 0.6 is 0 Å². The lowest BCUT2D eigenvalue weighted by Gasteiger charge is -2.36. The Morgan fingerprint density at radius 1 is 1.42 bits per heavy atom. The average Bonchev–Trinajstić information content (AvgIpc) is 2.87. The Labute approximate surface area is 116 Å². The Hall–Kier alpha value is -1.10. The summed E-state index contributed by atoms with van der Waals surface area (Å²) in [4.78, 5) is 26.1. The lowest BCUT2D eigenvalue weighted by atomic mass is 9.75. The van der Waals surface area contributed by atoms with Crippen LogP contribution in [0.4, 0.5) is 0 Å². The minimum Gasteiger partial charge on any atom is -0.358 e. The zero-order chi connectivity index (χ0) is 14.5. The fraction of sp³-hybridized carbons (Fsp3) is 0.857. The van der Waals surface area contributed by atoms with Crippen molar-refractivity contribution < 1.29 is 9.59 Å². The van der Waals surface area contributed by atoms with Crippen LogP contribution in [0.2, 0.25) is 0 Å². The molecule has 0 bridgehead atoms. The molecule has 1 aliphatic rings. The van der Waals surface area contributed by atoms with Gasteiger partial charge in [0.05, 0.1) is 12.0 Å². The first-order chi connectivity index (χ1) is 8.97. The summed E-state index contributed by atoms with van der Waals surface area (Å²) < 4.78 is 0. The molecule has 2 N–H and O–H groups in total. The van der Waals surface area contributed by atoms with Crippen LogP contribution in [-0.2, 0) is 9.59 Å². The number of amides is 2. The Kier molecular flexibility index (Phi) is 5.79. The molecule has 0 spiro atoms. The number of hydrogen-bond acceptors (Lipinski definition) is 3. The van der Waals surface area contributed by atoms with Crippen LogP contribution in [0, 0.1) is 11.3 Å². The summed E-state index contributed by atoms with van der Waals surface area (Å²) in [7, 11) is 1.60. The van der Waals surface area contributed by atoms with Gasteiger partial charge in [0.2, 0.25) is 11.8 Å². The smallest absolute Gasteiger partial charge is 0.239 e. The Morgan fingerprint density at radius 2 is 2.11 bits per heavy atom. The first-order valence-electron chi connectivity index (χ1n) is 7.18. The molecule has 0 aromatic rings. The predicted octanol–water partition coefficient (Wildman–Crippen LogP) is 0.607. The first kappa shape index (κ1) is 16.0. The molecule has 19 heavy (non-hydrogen) atoms. The van der Waals surface area contributed by atoms with Crippen LogP contribution in [-0.4, -0.2) is 49.9 Å². The van der Waals surface area contributed by atoms with Crippen LogP contribution in [0.3, 0.4) is 0 Å². The third-order valence-electron chi connectivity index (χ3n) is 4.11. The van der Waals surface area contributed by atoms with Crippen molar-refractivity contribution in [1.82, 2.24) is 15.5 Å². The summed E-state index contributed by atoms with van der Waals surface area (Å²) in [6.45, 7) is 8.61. The Balaban J connectivity index is 2.87. The highest BCUT2D eigenvalue weighted by atomic mass is 16.2. The van der Waals surface area contributed by atoms with Crippen molar-refractivity contribution in [2.75, 3.05) is 33.2 Å². The molecule has 0 aromatic carbocycles. The van der Waals surface area contributed by atoms with E-state index in [0.29, 0.717) is 6.54 Å². The highest BCUT2D eigenvalue weighted by Gasteiger charge is 2.46. The summed E-state index contributed by atoms with van der Waals surface area (Å²) in [6.07, 6.45) is 1.72. The number of carbonyl (C=O) groups is 2. The second kappa shape index (κ2) is 6.89. The van der Waals surface area contributed by atoms with Gasteiger partial charge in [-0.05, 0) is 25.3 Å². The third kappa shape index (κ3) is 3.47. The largest absolute Gasteiger partial charge is 0.358 e. The van der Waals surface area contributed by atoms with E-state index in [-0.39, 0.29) is 29.7 Å². The molecule has 0 aliphatic carbocycles. The Morgan fingerprint density at radius 3 is 2.53 bits per heavy atom. The van der Waals surface area contributed by atoms with E-state index in [4.69, 9.17) is 0 Å². The molecular weight excluding hydrogens is 242 g/mol. The highest BCUT2D eigenvalue weighted by Crippen LogP contribution is 2.36. The minimum atomic E-state index is -0.344. The van der Waals surface area contributed by atoms with Crippen LogP contribution in [0.5, 0.6) is 0 Å². The van der Waals surface area contributed by atoms with Crippen molar-refractivity contribution in [3.8, 4) is 0 Å². The summed E-state index contributed by atoms with van der Waals surface area (Å²) >= 11 is 0. The average molecular weight is 269 g/mol. The number of hydrogen-bond donors (Lipinski definition) is 2. The molecule has 1 heterocycles. The number of carbonyl (C=O) groups excluding carboxylic acids is 2. The summed E-state index contributed by atoms with van der Waals surface area (Å²) in [5.74, 6) is 0.295. The van der Waals surface area contributed by atoms with E-state index in [1.807, 2.05) is 6.92 Å². The number of rotatable bonds is 6. The second-order valence-corrected chi connectivity index (χ2v) is 5.64. The highest BCUT2D eigenvalue weighted by molar-refractivity contribution is 5.88. The maximum atomic E-state index is 12.9. The molecule has 1 atom stereocenters. The molecule has 2 amide bonds. The van der Waals surface area contributed by atoms with E-state index in [1.54, 1.807) is 11.9 Å². The maximum absolute atomic E-state index is 12.9. The Bertz CT molecular complexity index is 323. The topological polar surface area (TPSA) is 61.4 Å². The fourth-order valence-electron chi connectivity index (χ4n) is 2.72. The van der Waals surface area contributed by atoms with Crippen molar-refractivity contribution >= 4 is 11.8 Å². The third-order valence-corrected chi connectivity index (χ3v) is 4.11. The van der Waals surface area contributed by atoms with Gasteiger partial charge in [-0.15, -0.1) is 0 Å². The summed E-state index contributed by atoms with van der Waals surface area (Å²) in [5, 5.41) is 5.88. The molecule has 1 unspecified atom stereocenters. The van der Waals surface area contributed by atoms with Crippen LogP contribution in [0.1, 0.15) is 33.6 Å². The van der Waals surface area contributed by atoms with Gasteiger partial charge in [-0.25, -0.2) is 0 Å². The summed E-state index contributed by atoms with van der Waals surface area (Å²) in [6, 6.07) is 0. The number of likely N-dealkylation sites (N-methyl/N-ethyl adjacent to an activating group) is 1. The molecular formula is C14H27N3O2. The number of nitrogens with zero attached hydrogens (tertiary/aromatic N) is 1. The molecule has 0 saturated carbocycles. The van der Waals surface area contributed by atoms with Crippen molar-refractivity contribution in [3.63, 3.8) is 0 Å². The van der Waals surface area contributed by atoms with Crippen LogP contribution in [0.25, 0.3) is 0 Å². The second-order valence-electron chi connectivity index (χ2n) is 5.64. The standard InChI is InChI=1S/C14H27N3O2/c1-5-8-17(9-12(18)15-4)13(19)14(11(2)3)6-7-16-10-14/h11,16H,5-10H2,1-4H3,(H,15,18). The molecule has 110 valence electrons. The normalized spacial score (nSPS) is 22.6. The van der Waals surface area contributed by atoms with Gasteiger partial charge in [0.1, 0.15) is 0 Å². The van der Waals surface area contributed by atoms with Crippen molar-refractivity contribution in [3.05, 3.63) is 0 Å². The van der Waals surface area contributed by atoms with Gasteiger partial charge in [-0.1, -0.05) is 20.8 Å². The lowest BCUT2D eigenvalue weighted by molar-refractivity contribution is -0.146. The zero-order valence-electron chi connectivity index (χ0n) is 12.6. The predicted molar refractivity (Wildman–Crippen MR) is 75.7 cm³/mol. The van der Waals surface area contributed by atoms with Crippen molar-refractivity contribution in [2.24, 2.45) is 11.3 Å². The van der Waals surface area contributed by atoms with Gasteiger partial charge in [0.25, 0.3) is 0 Å². The molecule has 5 nitrogen and oxygen atoms in total.